The van der Waals surface area contributed by atoms with E-state index in [1.807, 2.05) is 24.3 Å². The molecule has 1 unspecified atom stereocenters. The summed E-state index contributed by atoms with van der Waals surface area (Å²) in [5.41, 5.74) is 2.53. The first kappa shape index (κ1) is 16.1. The Morgan fingerprint density at radius 3 is 3.04 bits per heavy atom. The van der Waals surface area contributed by atoms with Crippen molar-refractivity contribution in [3.05, 3.63) is 51.2 Å². The van der Waals surface area contributed by atoms with Crippen molar-refractivity contribution in [1.29, 1.82) is 0 Å². The number of nitrogens with one attached hydrogen (secondary N) is 1. The van der Waals surface area contributed by atoms with E-state index in [0.717, 1.165) is 29.9 Å². The van der Waals surface area contributed by atoms with Gasteiger partial charge in [0.15, 0.2) is 0 Å². The maximum atomic E-state index is 12.4. The minimum absolute atomic E-state index is 0.0410. The number of ether oxygens (including phenoxy) is 1. The lowest BCUT2D eigenvalue weighted by atomic mass is 9.97. The molecule has 0 bridgehead atoms. The SMILES string of the molecule is CCCc1cc(C(=O)NCC2COc3ccccc3C2)sc1C. The molecule has 3 nitrogen and oxygen atoms in total. The Balaban J connectivity index is 1.56. The zero-order valence-electron chi connectivity index (χ0n) is 13.7. The van der Waals surface area contributed by atoms with Gasteiger partial charge in [0.2, 0.25) is 0 Å². The number of rotatable bonds is 5. The van der Waals surface area contributed by atoms with E-state index in [0.29, 0.717) is 19.1 Å². The fraction of sp³-hybridized carbons (Fsp3) is 0.421. The van der Waals surface area contributed by atoms with E-state index in [1.54, 1.807) is 11.3 Å². The van der Waals surface area contributed by atoms with Crippen LogP contribution in [0.25, 0.3) is 0 Å². The lowest BCUT2D eigenvalue weighted by Gasteiger charge is -2.25. The quantitative estimate of drug-likeness (QED) is 0.901. The summed E-state index contributed by atoms with van der Waals surface area (Å²) in [6, 6.07) is 10.2. The van der Waals surface area contributed by atoms with Crippen molar-refractivity contribution in [2.75, 3.05) is 13.2 Å². The third kappa shape index (κ3) is 3.75. The van der Waals surface area contributed by atoms with Gasteiger partial charge in [0.05, 0.1) is 11.5 Å². The molecule has 0 saturated heterocycles. The van der Waals surface area contributed by atoms with Gasteiger partial charge in [-0.1, -0.05) is 31.5 Å². The van der Waals surface area contributed by atoms with E-state index >= 15 is 0 Å². The van der Waals surface area contributed by atoms with Gasteiger partial charge < -0.3 is 10.1 Å². The molecule has 0 spiro atoms. The van der Waals surface area contributed by atoms with Gasteiger partial charge in [0.25, 0.3) is 5.91 Å². The van der Waals surface area contributed by atoms with Gasteiger partial charge in [-0.2, -0.15) is 0 Å². The van der Waals surface area contributed by atoms with Crippen LogP contribution in [-0.4, -0.2) is 19.1 Å². The Labute approximate surface area is 141 Å². The summed E-state index contributed by atoms with van der Waals surface area (Å²) < 4.78 is 5.78. The second-order valence-electron chi connectivity index (χ2n) is 6.14. The molecule has 0 fully saturated rings. The second kappa shape index (κ2) is 7.18. The van der Waals surface area contributed by atoms with E-state index in [9.17, 15) is 4.79 Å². The number of benzene rings is 1. The summed E-state index contributed by atoms with van der Waals surface area (Å²) in [6.07, 6.45) is 3.11. The summed E-state index contributed by atoms with van der Waals surface area (Å²) in [5.74, 6) is 1.36. The van der Waals surface area contributed by atoms with E-state index in [-0.39, 0.29) is 5.91 Å². The highest BCUT2D eigenvalue weighted by molar-refractivity contribution is 7.14. The summed E-state index contributed by atoms with van der Waals surface area (Å²) in [4.78, 5) is 14.4. The number of carbonyl (C=O) groups is 1. The molecular formula is C19H23NO2S. The number of thiophene rings is 1. The summed E-state index contributed by atoms with van der Waals surface area (Å²) in [5, 5.41) is 3.07. The van der Waals surface area contributed by atoms with Crippen molar-refractivity contribution in [1.82, 2.24) is 5.32 Å². The molecule has 0 radical (unpaired) electrons. The van der Waals surface area contributed by atoms with Crippen LogP contribution in [0.1, 0.15) is 39.0 Å². The van der Waals surface area contributed by atoms with Gasteiger partial charge in [0, 0.05) is 17.3 Å². The van der Waals surface area contributed by atoms with Crippen LogP contribution in [0, 0.1) is 12.8 Å². The monoisotopic (exact) mass is 329 g/mol. The molecule has 2 aromatic rings. The minimum Gasteiger partial charge on any atom is -0.493 e. The molecule has 1 aromatic carbocycles. The average molecular weight is 329 g/mol. The lowest BCUT2D eigenvalue weighted by molar-refractivity contribution is 0.0943. The van der Waals surface area contributed by atoms with Crippen LogP contribution < -0.4 is 10.1 Å². The lowest BCUT2D eigenvalue weighted by Crippen LogP contribution is -2.34. The maximum absolute atomic E-state index is 12.4. The van der Waals surface area contributed by atoms with Crippen LogP contribution in [-0.2, 0) is 12.8 Å². The highest BCUT2D eigenvalue weighted by Gasteiger charge is 2.20. The Hall–Kier alpha value is -1.81. The van der Waals surface area contributed by atoms with Crippen molar-refractivity contribution in [3.8, 4) is 5.75 Å². The van der Waals surface area contributed by atoms with Gasteiger partial charge in [-0.3, -0.25) is 4.79 Å². The van der Waals surface area contributed by atoms with E-state index < -0.39 is 0 Å². The van der Waals surface area contributed by atoms with Crippen molar-refractivity contribution < 1.29 is 9.53 Å². The van der Waals surface area contributed by atoms with Gasteiger partial charge in [-0.25, -0.2) is 0 Å². The van der Waals surface area contributed by atoms with Crippen LogP contribution >= 0.6 is 11.3 Å². The largest absolute Gasteiger partial charge is 0.493 e. The first-order valence-corrected chi connectivity index (χ1v) is 9.07. The molecule has 0 aliphatic carbocycles. The zero-order chi connectivity index (χ0) is 16.2. The van der Waals surface area contributed by atoms with E-state index in [2.05, 4.69) is 25.2 Å². The highest BCUT2D eigenvalue weighted by atomic mass is 32.1. The van der Waals surface area contributed by atoms with Gasteiger partial charge in [-0.15, -0.1) is 11.3 Å². The molecule has 1 aliphatic heterocycles. The molecule has 3 rings (SSSR count). The molecule has 1 aliphatic rings. The summed E-state index contributed by atoms with van der Waals surface area (Å²) in [6.45, 7) is 5.59. The average Bonchev–Trinajstić information content (AvgIpc) is 2.94. The van der Waals surface area contributed by atoms with Crippen molar-refractivity contribution in [3.63, 3.8) is 0 Å². The normalized spacial score (nSPS) is 16.5. The molecule has 1 aromatic heterocycles. The third-order valence-corrected chi connectivity index (χ3v) is 5.36. The van der Waals surface area contributed by atoms with Gasteiger partial charge in [0.1, 0.15) is 5.75 Å². The molecule has 1 atom stereocenters. The Bertz CT molecular complexity index is 692. The Morgan fingerprint density at radius 2 is 2.22 bits per heavy atom. The zero-order valence-corrected chi connectivity index (χ0v) is 14.5. The van der Waals surface area contributed by atoms with E-state index in [4.69, 9.17) is 4.74 Å². The van der Waals surface area contributed by atoms with Crippen LogP contribution in [0.4, 0.5) is 0 Å². The maximum Gasteiger partial charge on any atom is 0.261 e. The predicted molar refractivity (Wildman–Crippen MR) is 94.5 cm³/mol. The first-order valence-electron chi connectivity index (χ1n) is 8.25. The molecule has 1 amide bonds. The van der Waals surface area contributed by atoms with Crippen LogP contribution in [0.3, 0.4) is 0 Å². The topological polar surface area (TPSA) is 38.3 Å². The van der Waals surface area contributed by atoms with Gasteiger partial charge in [-0.05, 0) is 43.0 Å². The second-order valence-corrected chi connectivity index (χ2v) is 7.40. The first-order chi connectivity index (χ1) is 11.2. The molecule has 4 heteroatoms. The molecule has 2 heterocycles. The molecule has 0 saturated carbocycles. The Kier molecular flexibility index (Phi) is 5.01. The Morgan fingerprint density at radius 1 is 1.39 bits per heavy atom. The molecule has 1 N–H and O–H groups in total. The van der Waals surface area contributed by atoms with Crippen LogP contribution in [0.15, 0.2) is 30.3 Å². The van der Waals surface area contributed by atoms with E-state index in [1.165, 1.54) is 16.0 Å². The number of carbonyl (C=O) groups excluding carboxylic acids is 1. The van der Waals surface area contributed by atoms with Crippen molar-refractivity contribution in [2.45, 2.75) is 33.1 Å². The standard InChI is InChI=1S/C19H23NO2S/c1-3-6-15-10-18(23-13(15)2)19(21)20-11-14-9-16-7-4-5-8-17(16)22-12-14/h4-5,7-8,10,14H,3,6,9,11-12H2,1-2H3,(H,20,21). The third-order valence-electron chi connectivity index (χ3n) is 4.27. The summed E-state index contributed by atoms with van der Waals surface area (Å²) in [7, 11) is 0. The number of fused-ring (bicyclic) bond motifs is 1. The number of aryl methyl sites for hydroxylation is 2. The fourth-order valence-corrected chi connectivity index (χ4v) is 3.98. The molecule has 122 valence electrons. The smallest absolute Gasteiger partial charge is 0.261 e. The van der Waals surface area contributed by atoms with Crippen molar-refractivity contribution >= 4 is 17.2 Å². The fourth-order valence-electron chi connectivity index (χ4n) is 3.00. The molecular weight excluding hydrogens is 306 g/mol. The number of hydrogen-bond donors (Lipinski definition) is 1. The highest BCUT2D eigenvalue weighted by Crippen LogP contribution is 2.27. The van der Waals surface area contributed by atoms with Crippen molar-refractivity contribution in [2.24, 2.45) is 5.92 Å². The van der Waals surface area contributed by atoms with Crippen LogP contribution in [0.5, 0.6) is 5.75 Å². The minimum atomic E-state index is 0.0410. The number of hydrogen-bond acceptors (Lipinski definition) is 3. The predicted octanol–water partition coefficient (Wildman–Crippen LogP) is 3.99. The molecule has 23 heavy (non-hydrogen) atoms. The number of amides is 1. The van der Waals surface area contributed by atoms with Gasteiger partial charge >= 0.3 is 0 Å². The summed E-state index contributed by atoms with van der Waals surface area (Å²) >= 11 is 1.59. The van der Waals surface area contributed by atoms with Crippen LogP contribution in [0.2, 0.25) is 0 Å². The number of para-hydroxylation sites is 1.